The van der Waals surface area contributed by atoms with E-state index in [4.69, 9.17) is 0 Å². The highest BCUT2D eigenvalue weighted by Gasteiger charge is 2.11. The van der Waals surface area contributed by atoms with Crippen LogP contribution in [0.4, 0.5) is 5.69 Å². The van der Waals surface area contributed by atoms with E-state index < -0.39 is 0 Å². The number of halogens is 2. The van der Waals surface area contributed by atoms with Crippen LogP contribution >= 0.6 is 38.5 Å². The number of nitrogens with one attached hydrogen (secondary N) is 1. The Hall–Kier alpha value is -0.880. The summed E-state index contributed by atoms with van der Waals surface area (Å²) in [6, 6.07) is 11.7. The average Bonchev–Trinajstić information content (AvgIpc) is 2.32. The summed E-state index contributed by atoms with van der Waals surface area (Å²) >= 11 is 5.69. The number of benzene rings is 2. The van der Waals surface area contributed by atoms with Crippen molar-refractivity contribution in [2.45, 2.75) is 13.8 Å². The molecule has 0 spiro atoms. The Kier molecular flexibility index (Phi) is 4.62. The highest BCUT2D eigenvalue weighted by Crippen LogP contribution is 2.22. The van der Waals surface area contributed by atoms with Crippen molar-refractivity contribution in [3.63, 3.8) is 0 Å². The van der Waals surface area contributed by atoms with Crippen LogP contribution in [0.2, 0.25) is 0 Å². The van der Waals surface area contributed by atoms with Crippen LogP contribution in [0.25, 0.3) is 0 Å². The lowest BCUT2D eigenvalue weighted by atomic mass is 10.1. The van der Waals surface area contributed by atoms with Crippen LogP contribution in [0.5, 0.6) is 0 Å². The van der Waals surface area contributed by atoms with Gasteiger partial charge >= 0.3 is 0 Å². The zero-order chi connectivity index (χ0) is 14.0. The fraction of sp³-hybridized carbons (Fsp3) is 0.133. The van der Waals surface area contributed by atoms with Crippen molar-refractivity contribution in [1.29, 1.82) is 0 Å². The topological polar surface area (TPSA) is 29.1 Å². The quantitative estimate of drug-likeness (QED) is 0.674. The Labute approximate surface area is 134 Å². The number of amides is 1. The lowest BCUT2D eigenvalue weighted by molar-refractivity contribution is 0.102. The van der Waals surface area contributed by atoms with E-state index in [1.165, 1.54) is 0 Å². The molecule has 19 heavy (non-hydrogen) atoms. The largest absolute Gasteiger partial charge is 0.322 e. The monoisotopic (exact) mass is 429 g/mol. The molecule has 0 atom stereocenters. The molecule has 0 aliphatic heterocycles. The number of rotatable bonds is 2. The third-order valence-electron chi connectivity index (χ3n) is 2.81. The van der Waals surface area contributed by atoms with E-state index in [0.29, 0.717) is 5.56 Å². The van der Waals surface area contributed by atoms with Gasteiger partial charge in [0.1, 0.15) is 0 Å². The van der Waals surface area contributed by atoms with E-state index in [1.807, 2.05) is 50.2 Å². The van der Waals surface area contributed by atoms with Gasteiger partial charge in [-0.1, -0.05) is 6.07 Å². The summed E-state index contributed by atoms with van der Waals surface area (Å²) in [5.74, 6) is -0.101. The van der Waals surface area contributed by atoms with Crippen molar-refractivity contribution >= 4 is 50.1 Å². The predicted molar refractivity (Wildman–Crippen MR) is 90.7 cm³/mol. The van der Waals surface area contributed by atoms with Crippen molar-refractivity contribution in [3.8, 4) is 0 Å². The minimum absolute atomic E-state index is 0.101. The molecule has 98 valence electrons. The summed E-state index contributed by atoms with van der Waals surface area (Å²) in [5.41, 5.74) is 3.67. The molecule has 0 saturated carbocycles. The number of carbonyl (C=O) groups excluding carboxylic acids is 1. The van der Waals surface area contributed by atoms with Crippen LogP contribution in [0.15, 0.2) is 40.9 Å². The van der Waals surface area contributed by atoms with Gasteiger partial charge in [0.05, 0.1) is 5.56 Å². The molecular weight excluding hydrogens is 417 g/mol. The molecule has 0 fully saturated rings. The third kappa shape index (κ3) is 3.57. The molecule has 2 aromatic carbocycles. The van der Waals surface area contributed by atoms with Gasteiger partial charge in [-0.3, -0.25) is 4.79 Å². The molecule has 0 aliphatic carbocycles. The fourth-order valence-corrected chi connectivity index (χ4v) is 3.08. The molecule has 2 rings (SSSR count). The Bertz CT molecular complexity index is 640. The molecule has 0 saturated heterocycles. The maximum atomic E-state index is 12.2. The molecule has 0 unspecified atom stereocenters. The summed E-state index contributed by atoms with van der Waals surface area (Å²) in [4.78, 5) is 12.2. The molecule has 2 aromatic rings. The van der Waals surface area contributed by atoms with Crippen LogP contribution < -0.4 is 5.32 Å². The van der Waals surface area contributed by atoms with E-state index in [2.05, 4.69) is 43.8 Å². The highest BCUT2D eigenvalue weighted by atomic mass is 127. The number of aryl methyl sites for hydroxylation is 2. The molecule has 4 heteroatoms. The van der Waals surface area contributed by atoms with Gasteiger partial charge in [0.2, 0.25) is 0 Å². The van der Waals surface area contributed by atoms with E-state index in [0.717, 1.165) is 24.9 Å². The first-order valence-corrected chi connectivity index (χ1v) is 7.68. The Balaban J connectivity index is 2.25. The van der Waals surface area contributed by atoms with Crippen LogP contribution in [0.3, 0.4) is 0 Å². The minimum atomic E-state index is -0.101. The average molecular weight is 430 g/mol. The van der Waals surface area contributed by atoms with Gasteiger partial charge in [0, 0.05) is 13.7 Å². The van der Waals surface area contributed by atoms with Gasteiger partial charge in [-0.2, -0.15) is 0 Å². The second kappa shape index (κ2) is 6.05. The molecule has 1 N–H and O–H groups in total. The number of hydrogen-bond donors (Lipinski definition) is 1. The molecule has 0 aromatic heterocycles. The summed E-state index contributed by atoms with van der Waals surface area (Å²) in [6.45, 7) is 3.98. The lowest BCUT2D eigenvalue weighted by Crippen LogP contribution is -2.13. The van der Waals surface area contributed by atoms with Crippen LogP contribution in [-0.4, -0.2) is 5.91 Å². The summed E-state index contributed by atoms with van der Waals surface area (Å²) in [5, 5.41) is 2.94. The summed E-state index contributed by atoms with van der Waals surface area (Å²) in [7, 11) is 0. The molecular formula is C15H13BrINO. The second-order valence-electron chi connectivity index (χ2n) is 4.40. The summed E-state index contributed by atoms with van der Waals surface area (Å²) < 4.78 is 1.97. The van der Waals surface area contributed by atoms with Crippen LogP contribution in [0.1, 0.15) is 21.5 Å². The lowest BCUT2D eigenvalue weighted by Gasteiger charge is -2.10. The molecule has 1 amide bonds. The zero-order valence-electron chi connectivity index (χ0n) is 10.6. The van der Waals surface area contributed by atoms with Crippen molar-refractivity contribution in [2.24, 2.45) is 0 Å². The highest BCUT2D eigenvalue weighted by molar-refractivity contribution is 14.1. The first-order chi connectivity index (χ1) is 8.97. The number of carbonyl (C=O) groups is 1. The fourth-order valence-electron chi connectivity index (χ4n) is 1.76. The molecule has 0 bridgehead atoms. The van der Waals surface area contributed by atoms with E-state index in [-0.39, 0.29) is 5.91 Å². The summed E-state index contributed by atoms with van der Waals surface area (Å²) in [6.07, 6.45) is 0. The van der Waals surface area contributed by atoms with Crippen molar-refractivity contribution in [3.05, 3.63) is 61.1 Å². The van der Waals surface area contributed by atoms with E-state index in [1.54, 1.807) is 0 Å². The minimum Gasteiger partial charge on any atom is -0.322 e. The van der Waals surface area contributed by atoms with Crippen molar-refractivity contribution in [1.82, 2.24) is 0 Å². The maximum Gasteiger partial charge on any atom is 0.256 e. The van der Waals surface area contributed by atoms with Gasteiger partial charge in [-0.15, -0.1) is 0 Å². The van der Waals surface area contributed by atoms with Crippen molar-refractivity contribution < 1.29 is 4.79 Å². The molecule has 0 aliphatic rings. The van der Waals surface area contributed by atoms with Gasteiger partial charge in [-0.25, -0.2) is 0 Å². The van der Waals surface area contributed by atoms with Gasteiger partial charge in [0.25, 0.3) is 5.91 Å². The Morgan fingerprint density at radius 2 is 1.89 bits per heavy atom. The normalized spacial score (nSPS) is 10.3. The Morgan fingerprint density at radius 3 is 2.53 bits per heavy atom. The van der Waals surface area contributed by atoms with E-state index >= 15 is 0 Å². The molecule has 0 heterocycles. The first-order valence-electron chi connectivity index (χ1n) is 5.81. The van der Waals surface area contributed by atoms with E-state index in [9.17, 15) is 4.79 Å². The SMILES string of the molecule is Cc1ccc(C(=O)Nc2ccc(I)cc2C)c(Br)c1. The smallest absolute Gasteiger partial charge is 0.256 e. The van der Waals surface area contributed by atoms with Crippen molar-refractivity contribution in [2.75, 3.05) is 5.32 Å². The molecule has 2 nitrogen and oxygen atoms in total. The van der Waals surface area contributed by atoms with Crippen LogP contribution in [-0.2, 0) is 0 Å². The molecule has 0 radical (unpaired) electrons. The second-order valence-corrected chi connectivity index (χ2v) is 6.50. The predicted octanol–water partition coefficient (Wildman–Crippen LogP) is 4.92. The first kappa shape index (κ1) is 14.5. The van der Waals surface area contributed by atoms with Gasteiger partial charge in [0.15, 0.2) is 0 Å². The third-order valence-corrected chi connectivity index (χ3v) is 4.13. The number of anilines is 1. The van der Waals surface area contributed by atoms with Crippen LogP contribution in [0, 0.1) is 17.4 Å². The Morgan fingerprint density at radius 1 is 1.16 bits per heavy atom. The number of hydrogen-bond acceptors (Lipinski definition) is 1. The zero-order valence-corrected chi connectivity index (χ0v) is 14.4. The van der Waals surface area contributed by atoms with Gasteiger partial charge < -0.3 is 5.32 Å². The van der Waals surface area contributed by atoms with Gasteiger partial charge in [-0.05, 0) is 93.8 Å². The maximum absolute atomic E-state index is 12.2. The standard InChI is InChI=1S/C15H13BrINO/c1-9-3-5-12(13(16)7-9)15(19)18-14-6-4-11(17)8-10(14)2/h3-8H,1-2H3,(H,18,19).